The average molecular weight is 213 g/mol. The van der Waals surface area contributed by atoms with E-state index in [-0.39, 0.29) is 17.7 Å². The van der Waals surface area contributed by atoms with Crippen LogP contribution in [-0.4, -0.2) is 11.1 Å². The quantitative estimate of drug-likeness (QED) is 0.746. The van der Waals surface area contributed by atoms with E-state index >= 15 is 0 Å². The van der Waals surface area contributed by atoms with Crippen molar-refractivity contribution in [1.29, 1.82) is 0 Å². The summed E-state index contributed by atoms with van der Waals surface area (Å²) in [5, 5.41) is 8.37. The molecule has 0 amide bonds. The van der Waals surface area contributed by atoms with Crippen molar-refractivity contribution in [1.82, 2.24) is 0 Å². The highest BCUT2D eigenvalue weighted by molar-refractivity contribution is 5.80. The minimum atomic E-state index is -1.20. The fourth-order valence-electron chi connectivity index (χ4n) is 1.09. The highest BCUT2D eigenvalue weighted by Gasteiger charge is 2.05. The lowest BCUT2D eigenvalue weighted by Crippen LogP contribution is -2.06. The zero-order valence-electron chi connectivity index (χ0n) is 7.71. The first kappa shape index (κ1) is 11.2. The number of carboxylic acid groups (broad SMARTS) is 1. The molecule has 0 heterocycles. The summed E-state index contributed by atoms with van der Waals surface area (Å²) in [6.45, 7) is 0. The van der Waals surface area contributed by atoms with Gasteiger partial charge in [0.05, 0.1) is 0 Å². The van der Waals surface area contributed by atoms with Crippen molar-refractivity contribution in [2.45, 2.75) is 6.42 Å². The van der Waals surface area contributed by atoms with Crippen LogP contribution in [0.2, 0.25) is 0 Å². The maximum absolute atomic E-state index is 13.1. The molecule has 15 heavy (non-hydrogen) atoms. The van der Waals surface area contributed by atoms with Gasteiger partial charge in [0, 0.05) is 24.3 Å². The number of halogens is 2. The summed E-state index contributed by atoms with van der Waals surface area (Å²) < 4.78 is 25.6. The summed E-state index contributed by atoms with van der Waals surface area (Å²) in [6, 6.07) is 3.04. The molecular weight excluding hydrogens is 204 g/mol. The van der Waals surface area contributed by atoms with Crippen molar-refractivity contribution >= 4 is 5.97 Å². The molecule has 0 unspecified atom stereocenters. The normalized spacial score (nSPS) is 11.5. The molecule has 0 spiro atoms. The lowest BCUT2D eigenvalue weighted by molar-refractivity contribution is -0.131. The first-order chi connectivity index (χ1) is 6.99. The van der Waals surface area contributed by atoms with Crippen LogP contribution >= 0.6 is 0 Å². The summed E-state index contributed by atoms with van der Waals surface area (Å²) in [4.78, 5) is 10.2. The Kier molecular flexibility index (Phi) is 3.38. The number of rotatable bonds is 3. The van der Waals surface area contributed by atoms with E-state index in [1.54, 1.807) is 0 Å². The molecule has 5 heteroatoms. The fraction of sp³-hybridized carbons (Fsp3) is 0.100. The predicted molar refractivity (Wildman–Crippen MR) is 50.0 cm³/mol. The van der Waals surface area contributed by atoms with Gasteiger partial charge >= 0.3 is 5.97 Å². The Morgan fingerprint density at radius 3 is 2.67 bits per heavy atom. The first-order valence-corrected chi connectivity index (χ1v) is 4.12. The summed E-state index contributed by atoms with van der Waals surface area (Å²) in [5.74, 6) is -2.62. The molecule has 0 bridgehead atoms. The van der Waals surface area contributed by atoms with E-state index in [1.165, 1.54) is 6.07 Å². The van der Waals surface area contributed by atoms with Crippen molar-refractivity contribution in [3.8, 4) is 0 Å². The fourth-order valence-corrected chi connectivity index (χ4v) is 1.09. The number of hydrogen-bond donors (Lipinski definition) is 2. The Bertz CT molecular complexity index is 416. The van der Waals surface area contributed by atoms with Crippen LogP contribution in [0.15, 0.2) is 30.0 Å². The monoisotopic (exact) mass is 213 g/mol. The van der Waals surface area contributed by atoms with Crippen molar-refractivity contribution in [3.63, 3.8) is 0 Å². The number of aliphatic carboxylic acids is 1. The maximum Gasteiger partial charge on any atom is 0.330 e. The number of hydrogen-bond acceptors (Lipinski definition) is 2. The predicted octanol–water partition coefficient (Wildman–Crippen LogP) is 1.43. The molecule has 3 N–H and O–H groups in total. The second kappa shape index (κ2) is 4.54. The minimum Gasteiger partial charge on any atom is -0.478 e. The standard InChI is InChI=1S/C10H9F2NO2/c11-7-2-1-6(9(12)4-7)3-8(13)5-10(14)15/h1-2,4-5H,3,13H2,(H,14,15). The molecule has 0 aromatic heterocycles. The number of benzene rings is 1. The van der Waals surface area contributed by atoms with Crippen LogP contribution in [0.3, 0.4) is 0 Å². The Morgan fingerprint density at radius 2 is 2.13 bits per heavy atom. The van der Waals surface area contributed by atoms with Crippen molar-refractivity contribution < 1.29 is 18.7 Å². The third-order valence-corrected chi connectivity index (χ3v) is 1.72. The van der Waals surface area contributed by atoms with Crippen LogP contribution in [-0.2, 0) is 11.2 Å². The van der Waals surface area contributed by atoms with E-state index in [1.807, 2.05) is 0 Å². The molecule has 1 rings (SSSR count). The van der Waals surface area contributed by atoms with E-state index in [9.17, 15) is 13.6 Å². The van der Waals surface area contributed by atoms with Crippen LogP contribution in [0, 0.1) is 11.6 Å². The molecule has 0 aliphatic carbocycles. The lowest BCUT2D eigenvalue weighted by atomic mass is 10.1. The van der Waals surface area contributed by atoms with E-state index in [0.717, 1.165) is 18.2 Å². The smallest absolute Gasteiger partial charge is 0.330 e. The molecular formula is C10H9F2NO2. The largest absolute Gasteiger partial charge is 0.478 e. The number of carbonyl (C=O) groups is 1. The summed E-state index contributed by atoms with van der Waals surface area (Å²) in [7, 11) is 0. The van der Waals surface area contributed by atoms with E-state index < -0.39 is 17.6 Å². The van der Waals surface area contributed by atoms with Gasteiger partial charge in [-0.2, -0.15) is 0 Å². The zero-order chi connectivity index (χ0) is 11.4. The third kappa shape index (κ3) is 3.38. The molecule has 0 fully saturated rings. The Morgan fingerprint density at radius 1 is 1.47 bits per heavy atom. The Hall–Kier alpha value is -1.91. The van der Waals surface area contributed by atoms with Gasteiger partial charge < -0.3 is 10.8 Å². The SMILES string of the molecule is NC(=CC(=O)O)Cc1ccc(F)cc1F. The van der Waals surface area contributed by atoms with Crippen molar-refractivity contribution in [3.05, 3.63) is 47.2 Å². The molecule has 0 atom stereocenters. The molecule has 0 aliphatic rings. The van der Waals surface area contributed by atoms with Crippen LogP contribution in [0.4, 0.5) is 8.78 Å². The van der Waals surface area contributed by atoms with Gasteiger partial charge in [-0.05, 0) is 11.6 Å². The molecule has 1 aromatic carbocycles. The highest BCUT2D eigenvalue weighted by atomic mass is 19.1. The van der Waals surface area contributed by atoms with E-state index in [2.05, 4.69) is 0 Å². The highest BCUT2D eigenvalue weighted by Crippen LogP contribution is 2.12. The maximum atomic E-state index is 13.1. The molecule has 3 nitrogen and oxygen atoms in total. The Labute approximate surface area is 84.8 Å². The van der Waals surface area contributed by atoms with Crippen LogP contribution in [0.5, 0.6) is 0 Å². The average Bonchev–Trinajstić information content (AvgIpc) is 2.08. The molecule has 0 saturated heterocycles. The number of nitrogens with two attached hydrogens (primary N) is 1. The summed E-state index contributed by atoms with van der Waals surface area (Å²) in [5.41, 5.74) is 5.50. The van der Waals surface area contributed by atoms with Gasteiger partial charge in [-0.15, -0.1) is 0 Å². The molecule has 1 aromatic rings. The lowest BCUT2D eigenvalue weighted by Gasteiger charge is -2.02. The second-order valence-corrected chi connectivity index (χ2v) is 2.97. The molecule has 0 radical (unpaired) electrons. The van der Waals surface area contributed by atoms with Crippen LogP contribution in [0.25, 0.3) is 0 Å². The number of allylic oxidation sites excluding steroid dienone is 1. The third-order valence-electron chi connectivity index (χ3n) is 1.72. The number of carboxylic acids is 1. The van der Waals surface area contributed by atoms with Crippen molar-refractivity contribution in [2.75, 3.05) is 0 Å². The Balaban J connectivity index is 2.86. The topological polar surface area (TPSA) is 63.3 Å². The first-order valence-electron chi connectivity index (χ1n) is 4.12. The van der Waals surface area contributed by atoms with Gasteiger partial charge in [0.25, 0.3) is 0 Å². The van der Waals surface area contributed by atoms with Gasteiger partial charge in [0.1, 0.15) is 11.6 Å². The summed E-state index contributed by atoms with van der Waals surface area (Å²) >= 11 is 0. The zero-order valence-corrected chi connectivity index (χ0v) is 7.71. The second-order valence-electron chi connectivity index (χ2n) is 2.97. The van der Waals surface area contributed by atoms with Gasteiger partial charge in [-0.1, -0.05) is 6.07 Å². The van der Waals surface area contributed by atoms with Crippen LogP contribution < -0.4 is 5.73 Å². The van der Waals surface area contributed by atoms with Gasteiger partial charge in [-0.3, -0.25) is 0 Å². The molecule has 0 saturated carbocycles. The van der Waals surface area contributed by atoms with Gasteiger partial charge in [-0.25, -0.2) is 13.6 Å². The summed E-state index contributed by atoms with van der Waals surface area (Å²) in [6.07, 6.45) is 0.723. The van der Waals surface area contributed by atoms with Gasteiger partial charge in [0.15, 0.2) is 0 Å². The van der Waals surface area contributed by atoms with E-state index in [0.29, 0.717) is 0 Å². The molecule has 0 aliphatic heterocycles. The molecule has 80 valence electrons. The van der Waals surface area contributed by atoms with E-state index in [4.69, 9.17) is 10.8 Å². The minimum absolute atomic E-state index is 0.00741. The van der Waals surface area contributed by atoms with Crippen molar-refractivity contribution in [2.24, 2.45) is 5.73 Å². The van der Waals surface area contributed by atoms with Crippen LogP contribution in [0.1, 0.15) is 5.56 Å². The van der Waals surface area contributed by atoms with Gasteiger partial charge in [0.2, 0.25) is 0 Å².